The van der Waals surface area contributed by atoms with Gasteiger partial charge in [-0.05, 0) is 30.9 Å². The van der Waals surface area contributed by atoms with Crippen LogP contribution >= 0.6 is 0 Å². The van der Waals surface area contributed by atoms with E-state index in [2.05, 4.69) is 20.4 Å². The fourth-order valence-electron chi connectivity index (χ4n) is 4.29. The predicted octanol–water partition coefficient (Wildman–Crippen LogP) is 3.18. The first-order valence-corrected chi connectivity index (χ1v) is 10.3. The lowest BCUT2D eigenvalue weighted by Gasteiger charge is -2.41. The zero-order chi connectivity index (χ0) is 21.6. The van der Waals surface area contributed by atoms with Gasteiger partial charge in [-0.1, -0.05) is 12.5 Å². The highest BCUT2D eigenvalue weighted by Gasteiger charge is 2.47. The van der Waals surface area contributed by atoms with E-state index in [4.69, 9.17) is 4.74 Å². The molecule has 0 radical (unpaired) electrons. The normalized spacial score (nSPS) is 23.1. The summed E-state index contributed by atoms with van der Waals surface area (Å²) >= 11 is 0. The molecule has 31 heavy (non-hydrogen) atoms. The number of fused-ring (bicyclic) bond motifs is 1. The first-order chi connectivity index (χ1) is 15.0. The number of aromatic nitrogens is 4. The monoisotopic (exact) mass is 433 g/mol. The zero-order valence-corrected chi connectivity index (χ0v) is 16.6. The number of alkyl halides is 2. The van der Waals surface area contributed by atoms with Gasteiger partial charge in [0.1, 0.15) is 5.52 Å². The van der Waals surface area contributed by atoms with Gasteiger partial charge in [-0.15, -0.1) is 5.10 Å². The molecule has 2 N–H and O–H groups in total. The molecule has 2 atom stereocenters. The van der Waals surface area contributed by atoms with E-state index in [1.807, 2.05) is 0 Å². The molecule has 1 saturated carbocycles. The molecule has 0 unspecified atom stereocenters. The van der Waals surface area contributed by atoms with E-state index < -0.39 is 23.8 Å². The topological polar surface area (TPSA) is 84.6 Å². The number of ether oxygens (including phenoxy) is 1. The van der Waals surface area contributed by atoms with Gasteiger partial charge in [0.2, 0.25) is 12.4 Å². The van der Waals surface area contributed by atoms with Crippen molar-refractivity contribution in [1.82, 2.24) is 19.6 Å². The highest BCUT2D eigenvalue weighted by molar-refractivity contribution is 5.64. The number of rotatable bonds is 5. The van der Waals surface area contributed by atoms with Crippen LogP contribution in [0.15, 0.2) is 30.6 Å². The second-order valence-electron chi connectivity index (χ2n) is 8.18. The minimum atomic E-state index is -2.44. The smallest absolute Gasteiger partial charge is 0.248 e. The molecule has 0 bridgehead atoms. The summed E-state index contributed by atoms with van der Waals surface area (Å²) in [6, 6.07) is 4.28. The van der Waals surface area contributed by atoms with Gasteiger partial charge >= 0.3 is 0 Å². The number of anilines is 1. The van der Waals surface area contributed by atoms with Gasteiger partial charge in [0.25, 0.3) is 0 Å². The molecule has 4 heterocycles. The molecular weight excluding hydrogens is 411 g/mol. The van der Waals surface area contributed by atoms with E-state index in [9.17, 15) is 18.3 Å². The van der Waals surface area contributed by atoms with Crippen molar-refractivity contribution in [3.63, 3.8) is 0 Å². The summed E-state index contributed by atoms with van der Waals surface area (Å²) in [4.78, 5) is 8.49. The third-order valence-corrected chi connectivity index (χ3v) is 6.37. The van der Waals surface area contributed by atoms with Crippen LogP contribution < -0.4 is 5.32 Å². The first kappa shape index (κ1) is 20.2. The summed E-state index contributed by atoms with van der Waals surface area (Å²) in [5.41, 5.74) is 0.354. The van der Waals surface area contributed by atoms with Crippen LogP contribution in [0.1, 0.15) is 31.2 Å². The highest BCUT2D eigenvalue weighted by Crippen LogP contribution is 2.48. The number of nitrogens with one attached hydrogen (secondary N) is 1. The van der Waals surface area contributed by atoms with E-state index in [0.717, 1.165) is 6.42 Å². The van der Waals surface area contributed by atoms with E-state index >= 15 is 0 Å². The van der Waals surface area contributed by atoms with Crippen LogP contribution in [0.2, 0.25) is 0 Å². The lowest BCUT2D eigenvalue weighted by molar-refractivity contribution is -0.0136. The maximum absolute atomic E-state index is 14.5. The van der Waals surface area contributed by atoms with Crippen molar-refractivity contribution in [3.8, 4) is 11.4 Å². The molecule has 1 aliphatic carbocycles. The molecule has 3 aromatic rings. The molecule has 1 aliphatic heterocycles. The number of nitrogens with zero attached hydrogens (tertiary/aromatic N) is 4. The number of aliphatic hydroxyl groups is 1. The van der Waals surface area contributed by atoms with E-state index in [-0.39, 0.29) is 24.1 Å². The van der Waals surface area contributed by atoms with Crippen LogP contribution in [-0.2, 0) is 10.2 Å². The van der Waals surface area contributed by atoms with Crippen LogP contribution in [0.3, 0.4) is 0 Å². The Labute approximate surface area is 176 Å². The fourth-order valence-corrected chi connectivity index (χ4v) is 4.29. The summed E-state index contributed by atoms with van der Waals surface area (Å²) in [7, 11) is 0. The zero-order valence-electron chi connectivity index (χ0n) is 16.6. The molecule has 2 aliphatic rings. The van der Waals surface area contributed by atoms with Crippen LogP contribution in [0.4, 0.5) is 19.1 Å². The van der Waals surface area contributed by atoms with Crippen molar-refractivity contribution >= 4 is 11.5 Å². The Morgan fingerprint density at radius 2 is 2.06 bits per heavy atom. The molecule has 3 aromatic heterocycles. The second kappa shape index (κ2) is 7.76. The van der Waals surface area contributed by atoms with Crippen molar-refractivity contribution in [1.29, 1.82) is 0 Å². The number of halogens is 3. The number of aliphatic hydroxyl groups excluding tert-OH is 1. The van der Waals surface area contributed by atoms with Crippen molar-refractivity contribution in [3.05, 3.63) is 42.0 Å². The van der Waals surface area contributed by atoms with E-state index in [0.29, 0.717) is 42.8 Å². The number of pyridine rings is 1. The van der Waals surface area contributed by atoms with Gasteiger partial charge in [-0.25, -0.2) is 22.7 Å². The molecule has 0 amide bonds. The molecule has 10 heteroatoms. The Bertz CT molecular complexity index is 1080. The Kier molecular flexibility index (Phi) is 5.05. The standard InChI is InChI=1S/C21H22F3N5O2/c22-13-8-16(14-3-2-12(9-25-14)21(19(23)24)5-1-6-21)29-17(13)10-26-20(28-29)27-15-4-7-31-11-18(15)30/h2-3,8-10,15,18-19,30H,1,4-7,11H2,(H,27,28)/t15-,18-/m1/s1. The minimum absolute atomic E-state index is 0.169. The largest absolute Gasteiger partial charge is 0.389 e. The lowest BCUT2D eigenvalue weighted by Crippen LogP contribution is -2.42. The summed E-state index contributed by atoms with van der Waals surface area (Å²) in [5.74, 6) is -0.278. The van der Waals surface area contributed by atoms with Crippen LogP contribution in [0.5, 0.6) is 0 Å². The van der Waals surface area contributed by atoms with Crippen LogP contribution in [0, 0.1) is 5.82 Å². The summed E-state index contributed by atoms with van der Waals surface area (Å²) in [6.45, 7) is 0.733. The third kappa shape index (κ3) is 3.43. The quantitative estimate of drug-likeness (QED) is 0.643. The third-order valence-electron chi connectivity index (χ3n) is 6.37. The molecule has 164 valence electrons. The van der Waals surface area contributed by atoms with Crippen molar-refractivity contribution in [2.45, 2.75) is 49.7 Å². The molecule has 0 aromatic carbocycles. The Morgan fingerprint density at radius 1 is 1.23 bits per heavy atom. The maximum Gasteiger partial charge on any atom is 0.248 e. The van der Waals surface area contributed by atoms with Gasteiger partial charge in [0, 0.05) is 18.9 Å². The summed E-state index contributed by atoms with van der Waals surface area (Å²) in [6.07, 6.45) is 1.91. The molecule has 1 saturated heterocycles. The predicted molar refractivity (Wildman–Crippen MR) is 107 cm³/mol. The minimum Gasteiger partial charge on any atom is -0.389 e. The van der Waals surface area contributed by atoms with Crippen molar-refractivity contribution in [2.75, 3.05) is 18.5 Å². The average molecular weight is 433 g/mol. The Hall–Kier alpha value is -2.72. The van der Waals surface area contributed by atoms with E-state index in [1.54, 1.807) is 12.1 Å². The van der Waals surface area contributed by atoms with Gasteiger partial charge in [-0.2, -0.15) is 0 Å². The van der Waals surface area contributed by atoms with Crippen LogP contribution in [0.25, 0.3) is 16.9 Å². The second-order valence-corrected chi connectivity index (χ2v) is 8.18. The molecule has 5 rings (SSSR count). The van der Waals surface area contributed by atoms with Gasteiger partial charge in [0.05, 0.1) is 41.8 Å². The van der Waals surface area contributed by atoms with Gasteiger partial charge in [0.15, 0.2) is 5.82 Å². The Balaban J connectivity index is 1.47. The Morgan fingerprint density at radius 3 is 2.71 bits per heavy atom. The van der Waals surface area contributed by atoms with Gasteiger partial charge < -0.3 is 15.2 Å². The molecule has 7 nitrogen and oxygen atoms in total. The SMILES string of the molecule is O[C@@H]1COCC[C@H]1Nc1ncc2c(F)cc(-c3ccc(C4(C(F)F)CCC4)cn3)n2n1. The number of hydrogen-bond acceptors (Lipinski definition) is 6. The lowest BCUT2D eigenvalue weighted by atomic mass is 9.65. The highest BCUT2D eigenvalue weighted by atomic mass is 19.3. The summed E-state index contributed by atoms with van der Waals surface area (Å²) < 4.78 is 48.3. The average Bonchev–Trinajstić information content (AvgIpc) is 3.05. The summed E-state index contributed by atoms with van der Waals surface area (Å²) in [5, 5.41) is 17.5. The molecule has 2 fully saturated rings. The molecular formula is C21H22F3N5O2. The van der Waals surface area contributed by atoms with Gasteiger partial charge in [-0.3, -0.25) is 4.98 Å². The van der Waals surface area contributed by atoms with Crippen LogP contribution in [-0.4, -0.2) is 56.5 Å². The van der Waals surface area contributed by atoms with E-state index in [1.165, 1.54) is 23.0 Å². The van der Waals surface area contributed by atoms with Crippen molar-refractivity contribution in [2.24, 2.45) is 0 Å². The van der Waals surface area contributed by atoms with Crippen molar-refractivity contribution < 1.29 is 23.0 Å². The first-order valence-electron chi connectivity index (χ1n) is 10.3. The number of hydrogen-bond donors (Lipinski definition) is 2. The maximum atomic E-state index is 14.5. The fraction of sp³-hybridized carbons (Fsp3) is 0.476. The molecule has 0 spiro atoms.